The summed E-state index contributed by atoms with van der Waals surface area (Å²) in [7, 11) is -3.60. The van der Waals surface area contributed by atoms with Crippen LogP contribution in [0, 0.1) is 6.92 Å². The maximum absolute atomic E-state index is 12.7. The van der Waals surface area contributed by atoms with Crippen molar-refractivity contribution in [2.24, 2.45) is 0 Å². The first kappa shape index (κ1) is 20.6. The lowest BCUT2D eigenvalue weighted by atomic mass is 10.2. The van der Waals surface area contributed by atoms with E-state index in [4.69, 9.17) is 16.3 Å². The Labute approximate surface area is 170 Å². The summed E-state index contributed by atoms with van der Waals surface area (Å²) >= 11 is 5.83. The van der Waals surface area contributed by atoms with Gasteiger partial charge in [-0.1, -0.05) is 23.7 Å². The lowest BCUT2D eigenvalue weighted by Crippen LogP contribution is -2.53. The van der Waals surface area contributed by atoms with Crippen LogP contribution in [-0.2, 0) is 14.8 Å². The fourth-order valence-corrected chi connectivity index (χ4v) is 4.65. The molecular formula is C20H23ClN2O4S. The summed E-state index contributed by atoms with van der Waals surface area (Å²) in [4.78, 5) is 14.5. The Morgan fingerprint density at radius 3 is 2.32 bits per heavy atom. The van der Waals surface area contributed by atoms with E-state index in [-0.39, 0.29) is 23.9 Å². The molecule has 6 nitrogen and oxygen atoms in total. The van der Waals surface area contributed by atoms with Gasteiger partial charge in [0.1, 0.15) is 5.75 Å². The SMILES string of the molecule is Cc1cccc(OC(C)C(=O)N2CCN(S(=O)(=O)c3ccc(Cl)cc3)CC2)c1. The summed E-state index contributed by atoms with van der Waals surface area (Å²) in [6, 6.07) is 13.6. The average molecular weight is 423 g/mol. The summed E-state index contributed by atoms with van der Waals surface area (Å²) in [5, 5.41) is 0.483. The second-order valence-corrected chi connectivity index (χ2v) is 9.13. The van der Waals surface area contributed by atoms with Gasteiger partial charge >= 0.3 is 0 Å². The lowest BCUT2D eigenvalue weighted by molar-refractivity contribution is -0.139. The largest absolute Gasteiger partial charge is 0.481 e. The fourth-order valence-electron chi connectivity index (χ4n) is 3.10. The van der Waals surface area contributed by atoms with Gasteiger partial charge in [-0.2, -0.15) is 4.31 Å². The Hall–Kier alpha value is -2.09. The zero-order valence-corrected chi connectivity index (χ0v) is 17.4. The van der Waals surface area contributed by atoms with Gasteiger partial charge in [0.2, 0.25) is 10.0 Å². The van der Waals surface area contributed by atoms with Gasteiger partial charge in [-0.15, -0.1) is 0 Å². The molecule has 1 saturated heterocycles. The molecule has 1 aliphatic rings. The van der Waals surface area contributed by atoms with E-state index in [2.05, 4.69) is 0 Å². The zero-order chi connectivity index (χ0) is 20.3. The molecule has 1 heterocycles. The highest BCUT2D eigenvalue weighted by atomic mass is 35.5. The molecule has 1 atom stereocenters. The Bertz CT molecular complexity index is 939. The van der Waals surface area contributed by atoms with Gasteiger partial charge in [0.15, 0.2) is 6.10 Å². The minimum absolute atomic E-state index is 0.148. The van der Waals surface area contributed by atoms with Crippen molar-refractivity contribution in [2.45, 2.75) is 24.8 Å². The number of amides is 1. The van der Waals surface area contributed by atoms with Crippen LogP contribution in [0.25, 0.3) is 0 Å². The van der Waals surface area contributed by atoms with Crippen LogP contribution in [0.3, 0.4) is 0 Å². The molecule has 0 aliphatic carbocycles. The van der Waals surface area contributed by atoms with Crippen molar-refractivity contribution >= 4 is 27.5 Å². The van der Waals surface area contributed by atoms with Gasteiger partial charge in [-0.05, 0) is 55.8 Å². The van der Waals surface area contributed by atoms with E-state index in [9.17, 15) is 13.2 Å². The summed E-state index contributed by atoms with van der Waals surface area (Å²) in [6.07, 6.45) is -0.638. The first-order valence-electron chi connectivity index (χ1n) is 9.05. The second-order valence-electron chi connectivity index (χ2n) is 6.76. The molecule has 0 bridgehead atoms. The number of ether oxygens (including phenoxy) is 1. The molecule has 0 radical (unpaired) electrons. The van der Waals surface area contributed by atoms with Crippen LogP contribution < -0.4 is 4.74 Å². The third-order valence-corrected chi connectivity index (χ3v) is 6.82. The van der Waals surface area contributed by atoms with Gasteiger partial charge in [0.25, 0.3) is 5.91 Å². The Morgan fingerprint density at radius 2 is 1.71 bits per heavy atom. The molecule has 1 unspecified atom stereocenters. The first-order valence-corrected chi connectivity index (χ1v) is 10.9. The van der Waals surface area contributed by atoms with E-state index in [0.29, 0.717) is 23.9 Å². The van der Waals surface area contributed by atoms with Gasteiger partial charge in [0, 0.05) is 31.2 Å². The Morgan fingerprint density at radius 1 is 1.07 bits per heavy atom. The molecule has 28 heavy (non-hydrogen) atoms. The number of sulfonamides is 1. The molecule has 2 aromatic rings. The molecule has 0 aromatic heterocycles. The van der Waals surface area contributed by atoms with Crippen LogP contribution in [0.2, 0.25) is 5.02 Å². The van der Waals surface area contributed by atoms with Gasteiger partial charge in [-0.3, -0.25) is 4.79 Å². The maximum Gasteiger partial charge on any atom is 0.263 e. The highest BCUT2D eigenvalue weighted by molar-refractivity contribution is 7.89. The molecule has 1 fully saturated rings. The lowest BCUT2D eigenvalue weighted by Gasteiger charge is -2.35. The number of hydrogen-bond donors (Lipinski definition) is 0. The highest BCUT2D eigenvalue weighted by Gasteiger charge is 2.32. The highest BCUT2D eigenvalue weighted by Crippen LogP contribution is 2.21. The topological polar surface area (TPSA) is 66.9 Å². The summed E-state index contributed by atoms with van der Waals surface area (Å²) in [6.45, 7) is 4.81. The maximum atomic E-state index is 12.7. The number of piperazine rings is 1. The molecule has 8 heteroatoms. The van der Waals surface area contributed by atoms with Crippen molar-refractivity contribution < 1.29 is 17.9 Å². The van der Waals surface area contributed by atoms with E-state index in [1.807, 2.05) is 31.2 Å². The number of aryl methyl sites for hydroxylation is 1. The second kappa shape index (κ2) is 8.51. The molecule has 0 saturated carbocycles. The average Bonchev–Trinajstić information content (AvgIpc) is 2.68. The van der Waals surface area contributed by atoms with Crippen molar-refractivity contribution in [3.8, 4) is 5.75 Å². The normalized spacial score (nSPS) is 16.6. The Balaban J connectivity index is 1.59. The van der Waals surface area contributed by atoms with Gasteiger partial charge < -0.3 is 9.64 Å². The standard InChI is InChI=1S/C20H23ClN2O4S/c1-15-4-3-5-18(14-15)27-16(2)20(24)22-10-12-23(13-11-22)28(25,26)19-8-6-17(21)7-9-19/h3-9,14,16H,10-13H2,1-2H3. The van der Waals surface area contributed by atoms with E-state index in [0.717, 1.165) is 5.56 Å². The molecule has 1 amide bonds. The molecule has 3 rings (SSSR count). The predicted molar refractivity (Wildman–Crippen MR) is 108 cm³/mol. The fraction of sp³-hybridized carbons (Fsp3) is 0.350. The smallest absolute Gasteiger partial charge is 0.263 e. The van der Waals surface area contributed by atoms with Crippen LogP contribution >= 0.6 is 11.6 Å². The monoisotopic (exact) mass is 422 g/mol. The van der Waals surface area contributed by atoms with E-state index >= 15 is 0 Å². The van der Waals surface area contributed by atoms with E-state index < -0.39 is 16.1 Å². The zero-order valence-electron chi connectivity index (χ0n) is 15.8. The molecule has 0 spiro atoms. The summed E-state index contributed by atoms with van der Waals surface area (Å²) < 4.78 is 32.6. The number of halogens is 1. The quantitative estimate of drug-likeness (QED) is 0.743. The number of carbonyl (C=O) groups is 1. The van der Waals surface area contributed by atoms with E-state index in [1.165, 1.54) is 16.4 Å². The van der Waals surface area contributed by atoms with Gasteiger partial charge in [-0.25, -0.2) is 8.42 Å². The molecule has 0 N–H and O–H groups in total. The number of nitrogens with zero attached hydrogens (tertiary/aromatic N) is 2. The predicted octanol–water partition coefficient (Wildman–Crippen LogP) is 2.95. The number of hydrogen-bond acceptors (Lipinski definition) is 4. The summed E-state index contributed by atoms with van der Waals surface area (Å²) in [5.41, 5.74) is 1.05. The first-order chi connectivity index (χ1) is 13.3. The van der Waals surface area contributed by atoms with Crippen LogP contribution in [0.4, 0.5) is 0 Å². The van der Waals surface area contributed by atoms with Crippen LogP contribution in [0.5, 0.6) is 5.75 Å². The minimum Gasteiger partial charge on any atom is -0.481 e. The summed E-state index contributed by atoms with van der Waals surface area (Å²) in [5.74, 6) is 0.495. The number of carbonyl (C=O) groups excluding carboxylic acids is 1. The Kier molecular flexibility index (Phi) is 6.27. The van der Waals surface area contributed by atoms with E-state index in [1.54, 1.807) is 24.0 Å². The number of benzene rings is 2. The van der Waals surface area contributed by atoms with Crippen molar-refractivity contribution in [3.05, 3.63) is 59.1 Å². The minimum atomic E-state index is -3.60. The third-order valence-electron chi connectivity index (χ3n) is 4.65. The molecule has 1 aliphatic heterocycles. The van der Waals surface area contributed by atoms with Gasteiger partial charge in [0.05, 0.1) is 4.90 Å². The molecular weight excluding hydrogens is 400 g/mol. The van der Waals surface area contributed by atoms with Crippen molar-refractivity contribution in [2.75, 3.05) is 26.2 Å². The molecule has 2 aromatic carbocycles. The van der Waals surface area contributed by atoms with Crippen LogP contribution in [-0.4, -0.2) is 55.8 Å². The van der Waals surface area contributed by atoms with Crippen molar-refractivity contribution in [1.29, 1.82) is 0 Å². The molecule has 150 valence electrons. The third kappa shape index (κ3) is 4.66. The van der Waals surface area contributed by atoms with Crippen LogP contribution in [0.1, 0.15) is 12.5 Å². The van der Waals surface area contributed by atoms with Crippen molar-refractivity contribution in [3.63, 3.8) is 0 Å². The van der Waals surface area contributed by atoms with Crippen LogP contribution in [0.15, 0.2) is 53.4 Å². The number of rotatable bonds is 5. The van der Waals surface area contributed by atoms with Crippen molar-refractivity contribution in [1.82, 2.24) is 9.21 Å².